The van der Waals surface area contributed by atoms with Gasteiger partial charge in [-0.05, 0) is 29.3 Å². The topological polar surface area (TPSA) is 29.1 Å². The van der Waals surface area contributed by atoms with Crippen molar-refractivity contribution in [2.45, 2.75) is 6.42 Å². The SMILES string of the molecule is O=C(Cc1ccc(Cl)cc1F)Nc1ccccc1-c1ccccc1. The highest BCUT2D eigenvalue weighted by molar-refractivity contribution is 6.30. The summed E-state index contributed by atoms with van der Waals surface area (Å²) < 4.78 is 13.8. The van der Waals surface area contributed by atoms with Crippen LogP contribution in [0.1, 0.15) is 5.56 Å². The molecule has 0 aromatic heterocycles. The zero-order chi connectivity index (χ0) is 16.9. The highest BCUT2D eigenvalue weighted by Crippen LogP contribution is 2.27. The van der Waals surface area contributed by atoms with Crippen molar-refractivity contribution in [2.24, 2.45) is 0 Å². The Morgan fingerprint density at radius 1 is 0.958 bits per heavy atom. The second kappa shape index (κ2) is 7.28. The summed E-state index contributed by atoms with van der Waals surface area (Å²) in [5.74, 6) is -0.756. The Morgan fingerprint density at radius 3 is 2.42 bits per heavy atom. The van der Waals surface area contributed by atoms with E-state index in [0.29, 0.717) is 16.3 Å². The Labute approximate surface area is 144 Å². The maximum Gasteiger partial charge on any atom is 0.228 e. The number of nitrogens with one attached hydrogen (secondary N) is 1. The van der Waals surface area contributed by atoms with Crippen molar-refractivity contribution in [3.63, 3.8) is 0 Å². The van der Waals surface area contributed by atoms with Crippen LogP contribution >= 0.6 is 11.6 Å². The molecule has 0 bridgehead atoms. The van der Waals surface area contributed by atoms with Crippen molar-refractivity contribution in [1.29, 1.82) is 0 Å². The molecular weight excluding hydrogens is 325 g/mol. The second-order valence-corrected chi connectivity index (χ2v) is 5.81. The van der Waals surface area contributed by atoms with Gasteiger partial charge in [0.1, 0.15) is 5.82 Å². The van der Waals surface area contributed by atoms with Gasteiger partial charge in [-0.25, -0.2) is 4.39 Å². The van der Waals surface area contributed by atoms with Gasteiger partial charge in [0, 0.05) is 16.3 Å². The first-order chi connectivity index (χ1) is 11.6. The third-order valence-corrected chi connectivity index (χ3v) is 3.89. The van der Waals surface area contributed by atoms with Crippen molar-refractivity contribution in [1.82, 2.24) is 0 Å². The molecule has 0 heterocycles. The minimum atomic E-state index is -0.478. The Balaban J connectivity index is 1.80. The van der Waals surface area contributed by atoms with Crippen LogP contribution < -0.4 is 5.32 Å². The molecular formula is C20H15ClFNO. The average Bonchev–Trinajstić information content (AvgIpc) is 2.59. The molecule has 0 aliphatic rings. The van der Waals surface area contributed by atoms with Crippen LogP contribution in [0.25, 0.3) is 11.1 Å². The van der Waals surface area contributed by atoms with Gasteiger partial charge in [-0.15, -0.1) is 0 Å². The van der Waals surface area contributed by atoms with E-state index in [-0.39, 0.29) is 12.3 Å². The van der Waals surface area contributed by atoms with Gasteiger partial charge in [-0.2, -0.15) is 0 Å². The maximum absolute atomic E-state index is 13.8. The van der Waals surface area contributed by atoms with E-state index in [9.17, 15) is 9.18 Å². The Bertz CT molecular complexity index is 865. The molecule has 3 aromatic rings. The lowest BCUT2D eigenvalue weighted by Crippen LogP contribution is -2.15. The lowest BCUT2D eigenvalue weighted by Gasteiger charge is -2.11. The first kappa shape index (κ1) is 16.2. The average molecular weight is 340 g/mol. The van der Waals surface area contributed by atoms with Gasteiger partial charge >= 0.3 is 0 Å². The van der Waals surface area contributed by atoms with E-state index >= 15 is 0 Å². The van der Waals surface area contributed by atoms with Crippen LogP contribution in [0.15, 0.2) is 72.8 Å². The van der Waals surface area contributed by atoms with E-state index in [0.717, 1.165) is 11.1 Å². The number of rotatable bonds is 4. The first-order valence-electron chi connectivity index (χ1n) is 7.52. The standard InChI is InChI=1S/C20H15ClFNO/c21-16-11-10-15(18(22)13-16)12-20(24)23-19-9-5-4-8-17(19)14-6-2-1-3-7-14/h1-11,13H,12H2,(H,23,24). The zero-order valence-corrected chi connectivity index (χ0v) is 13.6. The van der Waals surface area contributed by atoms with Crippen molar-refractivity contribution in [3.8, 4) is 11.1 Å². The van der Waals surface area contributed by atoms with Gasteiger partial charge in [-0.3, -0.25) is 4.79 Å². The molecule has 0 unspecified atom stereocenters. The summed E-state index contributed by atoms with van der Waals surface area (Å²) in [5, 5.41) is 3.17. The molecule has 0 fully saturated rings. The van der Waals surface area contributed by atoms with Crippen molar-refractivity contribution in [3.05, 3.63) is 89.2 Å². The van der Waals surface area contributed by atoms with E-state index in [1.165, 1.54) is 12.1 Å². The summed E-state index contributed by atoms with van der Waals surface area (Å²) >= 11 is 5.73. The molecule has 3 rings (SSSR count). The molecule has 2 nitrogen and oxygen atoms in total. The quantitative estimate of drug-likeness (QED) is 0.684. The molecule has 1 amide bonds. The van der Waals surface area contributed by atoms with E-state index in [1.807, 2.05) is 54.6 Å². The van der Waals surface area contributed by atoms with Gasteiger partial charge in [0.15, 0.2) is 0 Å². The molecule has 0 atom stereocenters. The van der Waals surface area contributed by atoms with Crippen LogP contribution in [0.4, 0.5) is 10.1 Å². The Hall–Kier alpha value is -2.65. The molecule has 0 saturated carbocycles. The third-order valence-electron chi connectivity index (χ3n) is 3.65. The predicted molar refractivity (Wildman–Crippen MR) is 95.6 cm³/mol. The molecule has 120 valence electrons. The van der Waals surface area contributed by atoms with Crippen molar-refractivity contribution >= 4 is 23.2 Å². The van der Waals surface area contributed by atoms with Gasteiger partial charge in [0.05, 0.1) is 6.42 Å². The number of carbonyl (C=O) groups is 1. The molecule has 4 heteroatoms. The smallest absolute Gasteiger partial charge is 0.228 e. The van der Waals surface area contributed by atoms with E-state index in [2.05, 4.69) is 5.32 Å². The molecule has 1 N–H and O–H groups in total. The summed E-state index contributed by atoms with van der Waals surface area (Å²) in [6, 6.07) is 21.6. The van der Waals surface area contributed by atoms with Crippen LogP contribution in [0, 0.1) is 5.82 Å². The fourth-order valence-corrected chi connectivity index (χ4v) is 2.65. The number of hydrogen-bond acceptors (Lipinski definition) is 1. The predicted octanol–water partition coefficient (Wildman–Crippen LogP) is 5.33. The van der Waals surface area contributed by atoms with Crippen LogP contribution in [-0.2, 0) is 11.2 Å². The number of halogens is 2. The first-order valence-corrected chi connectivity index (χ1v) is 7.89. The summed E-state index contributed by atoms with van der Waals surface area (Å²) in [6.07, 6.45) is -0.0495. The number of anilines is 1. The minimum absolute atomic E-state index is 0.0495. The van der Waals surface area contributed by atoms with Crippen LogP contribution in [0.2, 0.25) is 5.02 Å². The number of benzene rings is 3. The molecule has 0 aliphatic heterocycles. The van der Waals surface area contributed by atoms with Gasteiger partial charge < -0.3 is 5.32 Å². The Morgan fingerprint density at radius 2 is 1.67 bits per heavy atom. The fraction of sp³-hybridized carbons (Fsp3) is 0.0500. The number of para-hydroxylation sites is 1. The van der Waals surface area contributed by atoms with Crippen LogP contribution in [-0.4, -0.2) is 5.91 Å². The van der Waals surface area contributed by atoms with Crippen molar-refractivity contribution < 1.29 is 9.18 Å². The third kappa shape index (κ3) is 3.81. The van der Waals surface area contributed by atoms with Crippen LogP contribution in [0.5, 0.6) is 0 Å². The van der Waals surface area contributed by atoms with E-state index < -0.39 is 5.82 Å². The summed E-state index contributed by atoms with van der Waals surface area (Å²) in [6.45, 7) is 0. The molecule has 0 aliphatic carbocycles. The lowest BCUT2D eigenvalue weighted by molar-refractivity contribution is -0.115. The van der Waals surface area contributed by atoms with E-state index in [4.69, 9.17) is 11.6 Å². The van der Waals surface area contributed by atoms with Gasteiger partial charge in [0.25, 0.3) is 0 Å². The van der Waals surface area contributed by atoms with E-state index in [1.54, 1.807) is 6.07 Å². The fourth-order valence-electron chi connectivity index (χ4n) is 2.49. The highest BCUT2D eigenvalue weighted by atomic mass is 35.5. The van der Waals surface area contributed by atoms with Gasteiger partial charge in [0.2, 0.25) is 5.91 Å². The lowest BCUT2D eigenvalue weighted by atomic mass is 10.0. The second-order valence-electron chi connectivity index (χ2n) is 5.37. The highest BCUT2D eigenvalue weighted by Gasteiger charge is 2.11. The van der Waals surface area contributed by atoms with Crippen LogP contribution in [0.3, 0.4) is 0 Å². The Kier molecular flexibility index (Phi) is 4.92. The number of carbonyl (C=O) groups excluding carboxylic acids is 1. The zero-order valence-electron chi connectivity index (χ0n) is 12.8. The largest absolute Gasteiger partial charge is 0.325 e. The summed E-state index contributed by atoms with van der Waals surface area (Å²) in [7, 11) is 0. The maximum atomic E-state index is 13.8. The molecule has 0 saturated heterocycles. The monoisotopic (exact) mass is 339 g/mol. The summed E-state index contributed by atoms with van der Waals surface area (Å²) in [4.78, 5) is 12.3. The van der Waals surface area contributed by atoms with Gasteiger partial charge in [-0.1, -0.05) is 66.2 Å². The molecule has 0 spiro atoms. The number of hydrogen-bond donors (Lipinski definition) is 1. The normalized spacial score (nSPS) is 10.4. The molecule has 24 heavy (non-hydrogen) atoms. The minimum Gasteiger partial charge on any atom is -0.325 e. The molecule has 3 aromatic carbocycles. The summed E-state index contributed by atoms with van der Waals surface area (Å²) in [5.41, 5.74) is 2.94. The van der Waals surface area contributed by atoms with Crippen molar-refractivity contribution in [2.75, 3.05) is 5.32 Å². The number of amides is 1. The molecule has 0 radical (unpaired) electrons.